The van der Waals surface area contributed by atoms with Gasteiger partial charge in [0.15, 0.2) is 0 Å². The van der Waals surface area contributed by atoms with Crippen molar-refractivity contribution in [1.29, 1.82) is 0 Å². The second kappa shape index (κ2) is 5.14. The molecule has 17 heavy (non-hydrogen) atoms. The van der Waals surface area contributed by atoms with E-state index in [2.05, 4.69) is 56.3 Å². The predicted molar refractivity (Wildman–Crippen MR) is 72.7 cm³/mol. The van der Waals surface area contributed by atoms with Gasteiger partial charge in [0.25, 0.3) is 0 Å². The highest BCUT2D eigenvalue weighted by Gasteiger charge is 2.05. The van der Waals surface area contributed by atoms with E-state index in [1.165, 1.54) is 17.5 Å². The van der Waals surface area contributed by atoms with E-state index in [1.54, 1.807) is 0 Å². The first-order chi connectivity index (χ1) is 8.16. The van der Waals surface area contributed by atoms with Gasteiger partial charge in [0.1, 0.15) is 22.4 Å². The summed E-state index contributed by atoms with van der Waals surface area (Å²) in [6, 6.07) is 8.31. The molecule has 1 aromatic heterocycles. The zero-order valence-corrected chi connectivity index (χ0v) is 11.0. The lowest BCUT2D eigenvalue weighted by Crippen LogP contribution is -2.04. The lowest BCUT2D eigenvalue weighted by molar-refractivity contribution is 1.07. The summed E-state index contributed by atoms with van der Waals surface area (Å²) in [7, 11) is 0. The fraction of sp³-hybridized carbons (Fsp3) is 0.167. The first-order valence-corrected chi connectivity index (χ1v) is 6.01. The monoisotopic (exact) mass is 292 g/mol. The van der Waals surface area contributed by atoms with Crippen LogP contribution in [0.2, 0.25) is 0 Å². The van der Waals surface area contributed by atoms with Crippen LogP contribution in [0.15, 0.2) is 35.1 Å². The minimum Gasteiger partial charge on any atom is -0.383 e. The number of hydrogen-bond acceptors (Lipinski definition) is 4. The van der Waals surface area contributed by atoms with Crippen LogP contribution in [-0.2, 0) is 6.54 Å². The van der Waals surface area contributed by atoms with Gasteiger partial charge in [0, 0.05) is 6.54 Å². The Hall–Kier alpha value is -1.62. The number of anilines is 2. The third-order valence-corrected chi connectivity index (χ3v) is 3.14. The van der Waals surface area contributed by atoms with Crippen molar-refractivity contribution in [2.75, 3.05) is 11.1 Å². The van der Waals surface area contributed by atoms with Gasteiger partial charge in [-0.25, -0.2) is 9.97 Å². The molecular formula is C12H13BrN4. The van der Waals surface area contributed by atoms with Crippen LogP contribution in [0.1, 0.15) is 11.1 Å². The topological polar surface area (TPSA) is 63.8 Å². The Balaban J connectivity index is 2.10. The van der Waals surface area contributed by atoms with E-state index >= 15 is 0 Å². The molecule has 0 unspecified atom stereocenters. The maximum Gasteiger partial charge on any atom is 0.146 e. The number of aromatic nitrogens is 2. The Kier molecular flexibility index (Phi) is 3.58. The van der Waals surface area contributed by atoms with Crippen LogP contribution in [0.5, 0.6) is 0 Å². The molecule has 0 aliphatic rings. The van der Waals surface area contributed by atoms with Gasteiger partial charge in [-0.15, -0.1) is 0 Å². The van der Waals surface area contributed by atoms with Gasteiger partial charge in [-0.05, 0) is 28.4 Å². The molecule has 0 saturated heterocycles. The van der Waals surface area contributed by atoms with Gasteiger partial charge in [-0.2, -0.15) is 0 Å². The quantitative estimate of drug-likeness (QED) is 0.913. The lowest BCUT2D eigenvalue weighted by Gasteiger charge is -2.08. The van der Waals surface area contributed by atoms with Crippen molar-refractivity contribution >= 4 is 27.6 Å². The van der Waals surface area contributed by atoms with Crippen LogP contribution in [0, 0.1) is 6.92 Å². The molecule has 0 spiro atoms. The number of nitrogen functional groups attached to an aromatic ring is 1. The molecule has 0 fully saturated rings. The third kappa shape index (κ3) is 2.94. The van der Waals surface area contributed by atoms with Gasteiger partial charge >= 0.3 is 0 Å². The Morgan fingerprint density at radius 3 is 2.94 bits per heavy atom. The molecule has 0 aliphatic carbocycles. The van der Waals surface area contributed by atoms with E-state index in [0.717, 1.165) is 0 Å². The molecule has 0 radical (unpaired) electrons. The Labute approximate surface area is 108 Å². The summed E-state index contributed by atoms with van der Waals surface area (Å²) in [5, 5.41) is 3.22. The minimum absolute atomic E-state index is 0.437. The van der Waals surface area contributed by atoms with Gasteiger partial charge < -0.3 is 11.1 Å². The van der Waals surface area contributed by atoms with Crippen molar-refractivity contribution in [3.8, 4) is 0 Å². The molecule has 1 aromatic carbocycles. The minimum atomic E-state index is 0.437. The van der Waals surface area contributed by atoms with Gasteiger partial charge in [0.05, 0.1) is 0 Å². The number of aryl methyl sites for hydroxylation is 1. The van der Waals surface area contributed by atoms with Crippen molar-refractivity contribution in [2.24, 2.45) is 0 Å². The zero-order valence-electron chi connectivity index (χ0n) is 9.44. The molecule has 0 amide bonds. The molecule has 0 bridgehead atoms. The van der Waals surface area contributed by atoms with Crippen molar-refractivity contribution < 1.29 is 0 Å². The number of nitrogens with one attached hydrogen (secondary N) is 1. The SMILES string of the molecule is Cc1cccc(CNc2ncnc(N)c2Br)c1. The van der Waals surface area contributed by atoms with Crippen LogP contribution in [0.4, 0.5) is 11.6 Å². The van der Waals surface area contributed by atoms with E-state index in [-0.39, 0.29) is 0 Å². The van der Waals surface area contributed by atoms with Crippen molar-refractivity contribution in [3.63, 3.8) is 0 Å². The third-order valence-electron chi connectivity index (χ3n) is 2.36. The molecule has 3 N–H and O–H groups in total. The molecule has 0 saturated carbocycles. The Morgan fingerprint density at radius 2 is 2.18 bits per heavy atom. The summed E-state index contributed by atoms with van der Waals surface area (Å²) >= 11 is 3.36. The first-order valence-electron chi connectivity index (χ1n) is 5.22. The van der Waals surface area contributed by atoms with Crippen LogP contribution >= 0.6 is 15.9 Å². The first kappa shape index (κ1) is 11.9. The summed E-state index contributed by atoms with van der Waals surface area (Å²) in [6.07, 6.45) is 1.44. The number of benzene rings is 1. The highest BCUT2D eigenvalue weighted by Crippen LogP contribution is 2.24. The predicted octanol–water partition coefficient (Wildman–Crippen LogP) is 2.74. The summed E-state index contributed by atoms with van der Waals surface area (Å²) in [6.45, 7) is 2.78. The number of nitrogens with two attached hydrogens (primary N) is 1. The number of nitrogens with zero attached hydrogens (tertiary/aromatic N) is 2. The van der Waals surface area contributed by atoms with Crippen molar-refractivity contribution in [1.82, 2.24) is 9.97 Å². The molecule has 88 valence electrons. The highest BCUT2D eigenvalue weighted by atomic mass is 79.9. The smallest absolute Gasteiger partial charge is 0.146 e. The van der Waals surface area contributed by atoms with Crippen molar-refractivity contribution in [2.45, 2.75) is 13.5 Å². The average molecular weight is 293 g/mol. The number of hydrogen-bond donors (Lipinski definition) is 2. The summed E-state index contributed by atoms with van der Waals surface area (Å²) in [5.41, 5.74) is 8.12. The zero-order chi connectivity index (χ0) is 12.3. The Bertz CT molecular complexity index is 528. The molecular weight excluding hydrogens is 280 g/mol. The largest absolute Gasteiger partial charge is 0.383 e. The van der Waals surface area contributed by atoms with Gasteiger partial charge in [-0.3, -0.25) is 0 Å². The summed E-state index contributed by atoms with van der Waals surface area (Å²) < 4.78 is 0.702. The molecule has 5 heteroatoms. The van der Waals surface area contributed by atoms with Crippen LogP contribution in [-0.4, -0.2) is 9.97 Å². The number of halogens is 1. The van der Waals surface area contributed by atoms with E-state index in [4.69, 9.17) is 5.73 Å². The molecule has 1 heterocycles. The fourth-order valence-corrected chi connectivity index (χ4v) is 1.86. The molecule has 0 aliphatic heterocycles. The Morgan fingerprint density at radius 1 is 1.35 bits per heavy atom. The maximum atomic E-state index is 5.68. The fourth-order valence-electron chi connectivity index (χ4n) is 1.51. The van der Waals surface area contributed by atoms with Crippen LogP contribution < -0.4 is 11.1 Å². The van der Waals surface area contributed by atoms with E-state index < -0.39 is 0 Å². The van der Waals surface area contributed by atoms with E-state index in [1.807, 2.05) is 6.07 Å². The maximum absolute atomic E-state index is 5.68. The second-order valence-corrected chi connectivity index (χ2v) is 4.56. The molecule has 4 nitrogen and oxygen atoms in total. The van der Waals surface area contributed by atoms with Crippen molar-refractivity contribution in [3.05, 3.63) is 46.2 Å². The van der Waals surface area contributed by atoms with Crippen LogP contribution in [0.25, 0.3) is 0 Å². The highest BCUT2D eigenvalue weighted by molar-refractivity contribution is 9.10. The molecule has 0 atom stereocenters. The average Bonchev–Trinajstić information content (AvgIpc) is 2.31. The summed E-state index contributed by atoms with van der Waals surface area (Å²) in [4.78, 5) is 8.02. The standard InChI is InChI=1S/C12H13BrN4/c1-8-3-2-4-9(5-8)6-15-12-10(13)11(14)16-7-17-12/h2-5,7H,6H2,1H3,(H3,14,15,16,17). The van der Waals surface area contributed by atoms with Crippen LogP contribution in [0.3, 0.4) is 0 Å². The lowest BCUT2D eigenvalue weighted by atomic mass is 10.1. The summed E-state index contributed by atoms with van der Waals surface area (Å²) in [5.74, 6) is 1.14. The van der Waals surface area contributed by atoms with E-state index in [0.29, 0.717) is 22.7 Å². The second-order valence-electron chi connectivity index (χ2n) is 3.76. The van der Waals surface area contributed by atoms with E-state index in [9.17, 15) is 0 Å². The molecule has 2 rings (SSSR count). The van der Waals surface area contributed by atoms with Gasteiger partial charge in [0.2, 0.25) is 0 Å². The molecule has 2 aromatic rings. The normalized spacial score (nSPS) is 10.2. The number of rotatable bonds is 3. The van der Waals surface area contributed by atoms with Gasteiger partial charge in [-0.1, -0.05) is 29.8 Å².